The van der Waals surface area contributed by atoms with Crippen LogP contribution in [0, 0.1) is 12.3 Å². The molecule has 0 radical (unpaired) electrons. The molecule has 2 heterocycles. The number of rotatable bonds is 5. The van der Waals surface area contributed by atoms with Gasteiger partial charge in [0, 0.05) is 6.42 Å². The van der Waals surface area contributed by atoms with Gasteiger partial charge in [-0.1, -0.05) is 36.3 Å². The normalized spacial score (nSPS) is 10.5. The van der Waals surface area contributed by atoms with Crippen molar-refractivity contribution in [2.75, 3.05) is 12.3 Å². The van der Waals surface area contributed by atoms with Crippen molar-refractivity contribution in [3.8, 4) is 18.4 Å². The Balaban J connectivity index is 1.76. The van der Waals surface area contributed by atoms with E-state index in [-0.39, 0.29) is 11.8 Å². The molecule has 0 aliphatic carbocycles. The maximum Gasteiger partial charge on any atom is 0.320 e. The van der Waals surface area contributed by atoms with Crippen LogP contribution >= 0.6 is 0 Å². The highest BCUT2D eigenvalue weighted by Crippen LogP contribution is 2.19. The molecule has 6 heteroatoms. The lowest BCUT2D eigenvalue weighted by molar-refractivity contribution is 0.297. The molecule has 0 fully saturated rings. The van der Waals surface area contributed by atoms with E-state index < -0.39 is 0 Å². The van der Waals surface area contributed by atoms with Crippen LogP contribution in [0.4, 0.5) is 5.82 Å². The number of imidazole rings is 1. The Hall–Kier alpha value is -3.07. The van der Waals surface area contributed by atoms with Gasteiger partial charge in [-0.25, -0.2) is 4.98 Å². The summed E-state index contributed by atoms with van der Waals surface area (Å²) in [6.07, 6.45) is 7.70. The third kappa shape index (κ3) is 2.83. The molecule has 3 aromatic rings. The van der Waals surface area contributed by atoms with E-state index in [0.29, 0.717) is 24.3 Å². The predicted molar refractivity (Wildman–Crippen MR) is 84.2 cm³/mol. The Kier molecular flexibility index (Phi) is 3.88. The monoisotopic (exact) mass is 293 g/mol. The van der Waals surface area contributed by atoms with Crippen molar-refractivity contribution < 1.29 is 4.74 Å². The number of anilines is 1. The Bertz CT molecular complexity index is 820. The molecule has 0 aliphatic heterocycles. The van der Waals surface area contributed by atoms with Crippen LogP contribution in [0.1, 0.15) is 5.56 Å². The fraction of sp³-hybridized carbons (Fsp3) is 0.188. The van der Waals surface area contributed by atoms with Gasteiger partial charge in [0.25, 0.3) is 0 Å². The first-order valence-corrected chi connectivity index (χ1v) is 6.86. The van der Waals surface area contributed by atoms with E-state index in [9.17, 15) is 0 Å². The van der Waals surface area contributed by atoms with E-state index in [1.807, 2.05) is 30.3 Å². The van der Waals surface area contributed by atoms with Gasteiger partial charge in [0.15, 0.2) is 17.0 Å². The van der Waals surface area contributed by atoms with Crippen molar-refractivity contribution in [3.05, 3.63) is 42.2 Å². The van der Waals surface area contributed by atoms with Gasteiger partial charge < -0.3 is 15.0 Å². The summed E-state index contributed by atoms with van der Waals surface area (Å²) in [6.45, 7) is 0.842. The summed E-state index contributed by atoms with van der Waals surface area (Å²) < 4.78 is 7.34. The Morgan fingerprint density at radius 2 is 2.05 bits per heavy atom. The van der Waals surface area contributed by atoms with Crippen LogP contribution in [0.25, 0.3) is 11.2 Å². The molecule has 6 nitrogen and oxygen atoms in total. The SMILES string of the molecule is C#CCn1cnc2c(N)nc(OCCc3ccccc3)nc21. The van der Waals surface area contributed by atoms with Crippen LogP contribution in [0.2, 0.25) is 0 Å². The van der Waals surface area contributed by atoms with Crippen molar-refractivity contribution in [2.24, 2.45) is 0 Å². The molecule has 0 spiro atoms. The number of hydrogen-bond donors (Lipinski definition) is 1. The standard InChI is InChI=1S/C16H15N5O/c1-2-9-21-11-18-13-14(17)19-16(20-15(13)21)22-10-8-12-6-4-3-5-7-12/h1,3-7,11H,8-10H2,(H2,17,19,20). The number of nitrogens with two attached hydrogens (primary N) is 1. The zero-order valence-electron chi connectivity index (χ0n) is 11.9. The van der Waals surface area contributed by atoms with Crippen LogP contribution < -0.4 is 10.5 Å². The number of hydrogen-bond acceptors (Lipinski definition) is 5. The zero-order valence-corrected chi connectivity index (χ0v) is 11.9. The van der Waals surface area contributed by atoms with Crippen molar-refractivity contribution in [1.29, 1.82) is 0 Å². The maximum absolute atomic E-state index is 5.89. The Morgan fingerprint density at radius 1 is 1.23 bits per heavy atom. The second-order valence-corrected chi connectivity index (χ2v) is 4.72. The average molecular weight is 293 g/mol. The molecule has 110 valence electrons. The molecule has 0 saturated heterocycles. The lowest BCUT2D eigenvalue weighted by Gasteiger charge is -2.06. The molecule has 0 aliphatic rings. The third-order valence-corrected chi connectivity index (χ3v) is 3.20. The molecule has 3 rings (SSSR count). The van der Waals surface area contributed by atoms with Crippen molar-refractivity contribution in [1.82, 2.24) is 19.5 Å². The van der Waals surface area contributed by atoms with Crippen LogP contribution in [-0.2, 0) is 13.0 Å². The molecule has 0 saturated carbocycles. The molecular formula is C16H15N5O. The first kappa shape index (κ1) is 13.9. The molecule has 0 bridgehead atoms. The molecular weight excluding hydrogens is 278 g/mol. The summed E-state index contributed by atoms with van der Waals surface area (Å²) >= 11 is 0. The molecule has 0 atom stereocenters. The van der Waals surface area contributed by atoms with Crippen LogP contribution in [0.3, 0.4) is 0 Å². The van der Waals surface area contributed by atoms with Crippen LogP contribution in [0.15, 0.2) is 36.7 Å². The Morgan fingerprint density at radius 3 is 2.82 bits per heavy atom. The van der Waals surface area contributed by atoms with Crippen molar-refractivity contribution in [2.45, 2.75) is 13.0 Å². The van der Waals surface area contributed by atoms with E-state index in [2.05, 4.69) is 20.9 Å². The number of nitrogen functional groups attached to an aromatic ring is 1. The lowest BCUT2D eigenvalue weighted by Crippen LogP contribution is -2.07. The maximum atomic E-state index is 5.89. The smallest absolute Gasteiger partial charge is 0.320 e. The van der Waals surface area contributed by atoms with Crippen molar-refractivity contribution in [3.63, 3.8) is 0 Å². The van der Waals surface area contributed by atoms with Gasteiger partial charge in [0.2, 0.25) is 0 Å². The number of aromatic nitrogens is 4. The fourth-order valence-corrected chi connectivity index (χ4v) is 2.13. The molecule has 1 aromatic carbocycles. The molecule has 0 unspecified atom stereocenters. The second-order valence-electron chi connectivity index (χ2n) is 4.72. The van der Waals surface area contributed by atoms with E-state index in [4.69, 9.17) is 16.9 Å². The summed E-state index contributed by atoms with van der Waals surface area (Å²) in [7, 11) is 0. The van der Waals surface area contributed by atoms with Gasteiger partial charge in [-0.3, -0.25) is 0 Å². The molecule has 22 heavy (non-hydrogen) atoms. The minimum Gasteiger partial charge on any atom is -0.463 e. The lowest BCUT2D eigenvalue weighted by atomic mass is 10.2. The van der Waals surface area contributed by atoms with Crippen molar-refractivity contribution >= 4 is 17.0 Å². The number of fused-ring (bicyclic) bond motifs is 1. The Labute approximate surface area is 128 Å². The summed E-state index contributed by atoms with van der Waals surface area (Å²) in [5, 5.41) is 0. The third-order valence-electron chi connectivity index (χ3n) is 3.20. The van der Waals surface area contributed by atoms with E-state index in [0.717, 1.165) is 6.42 Å². The van der Waals surface area contributed by atoms with Gasteiger partial charge in [-0.05, 0) is 5.56 Å². The number of ether oxygens (including phenoxy) is 1. The van der Waals surface area contributed by atoms with Gasteiger partial charge >= 0.3 is 6.01 Å². The first-order valence-electron chi connectivity index (χ1n) is 6.86. The summed E-state index contributed by atoms with van der Waals surface area (Å²) in [4.78, 5) is 12.6. The average Bonchev–Trinajstić information content (AvgIpc) is 2.93. The molecule has 0 amide bonds. The largest absolute Gasteiger partial charge is 0.463 e. The van der Waals surface area contributed by atoms with Gasteiger partial charge in [-0.2, -0.15) is 9.97 Å². The minimum absolute atomic E-state index is 0.236. The summed E-state index contributed by atoms with van der Waals surface area (Å²) in [5.74, 6) is 2.83. The quantitative estimate of drug-likeness (QED) is 0.724. The van der Waals surface area contributed by atoms with Gasteiger partial charge in [-0.15, -0.1) is 6.42 Å². The molecule has 2 N–H and O–H groups in total. The second kappa shape index (κ2) is 6.14. The summed E-state index contributed by atoms with van der Waals surface area (Å²) in [5.41, 5.74) is 8.20. The first-order chi connectivity index (χ1) is 10.8. The number of terminal acetylenes is 1. The topological polar surface area (TPSA) is 78.9 Å². The molecule has 2 aromatic heterocycles. The van der Waals surface area contributed by atoms with E-state index in [1.165, 1.54) is 5.56 Å². The minimum atomic E-state index is 0.236. The van der Waals surface area contributed by atoms with E-state index in [1.54, 1.807) is 10.9 Å². The highest BCUT2D eigenvalue weighted by atomic mass is 16.5. The number of benzene rings is 1. The van der Waals surface area contributed by atoms with Crippen LogP contribution in [-0.4, -0.2) is 26.1 Å². The summed E-state index contributed by atoms with van der Waals surface area (Å²) in [6, 6.07) is 10.3. The number of nitrogens with zero attached hydrogens (tertiary/aromatic N) is 4. The van der Waals surface area contributed by atoms with Gasteiger partial charge in [0.1, 0.15) is 0 Å². The zero-order chi connectivity index (χ0) is 15.4. The van der Waals surface area contributed by atoms with Crippen LogP contribution in [0.5, 0.6) is 6.01 Å². The predicted octanol–water partition coefficient (Wildman–Crippen LogP) is 1.66. The fourth-order valence-electron chi connectivity index (χ4n) is 2.13. The highest BCUT2D eigenvalue weighted by Gasteiger charge is 2.11. The van der Waals surface area contributed by atoms with Gasteiger partial charge in [0.05, 0.1) is 19.5 Å². The van der Waals surface area contributed by atoms with E-state index >= 15 is 0 Å². The highest BCUT2D eigenvalue weighted by molar-refractivity contribution is 5.81.